The summed E-state index contributed by atoms with van der Waals surface area (Å²) in [5.41, 5.74) is 3.18. The number of hydrogen-bond acceptors (Lipinski definition) is 3. The Morgan fingerprint density at radius 3 is 2.61 bits per heavy atom. The van der Waals surface area contributed by atoms with Crippen LogP contribution in [0.2, 0.25) is 0 Å². The van der Waals surface area contributed by atoms with Crippen LogP contribution in [0.15, 0.2) is 48.8 Å². The van der Waals surface area contributed by atoms with Crippen LogP contribution < -0.4 is 5.32 Å². The number of carbonyl (C=O) groups excluding carboxylic acids is 1. The molecule has 1 amide bonds. The number of H-pyrrole nitrogens is 1. The molecule has 0 radical (unpaired) electrons. The summed E-state index contributed by atoms with van der Waals surface area (Å²) in [5, 5.41) is 3.80. The Morgan fingerprint density at radius 1 is 1.17 bits per heavy atom. The predicted molar refractivity (Wildman–Crippen MR) is 91.4 cm³/mol. The average Bonchev–Trinajstić information content (AvgIpc) is 2.90. The Labute approximate surface area is 134 Å². The summed E-state index contributed by atoms with van der Waals surface area (Å²) in [4.78, 5) is 19.2. The van der Waals surface area contributed by atoms with Crippen molar-refractivity contribution < 1.29 is 9.53 Å². The number of amides is 1. The number of pyridine rings is 1. The van der Waals surface area contributed by atoms with Gasteiger partial charge in [0, 0.05) is 29.0 Å². The van der Waals surface area contributed by atoms with E-state index in [0.29, 0.717) is 5.69 Å². The van der Waals surface area contributed by atoms with Crippen LogP contribution in [0.5, 0.6) is 0 Å². The third-order valence-corrected chi connectivity index (χ3v) is 3.29. The van der Waals surface area contributed by atoms with Gasteiger partial charge in [-0.2, -0.15) is 0 Å². The first-order chi connectivity index (χ1) is 10.9. The molecule has 118 valence electrons. The van der Waals surface area contributed by atoms with Crippen molar-refractivity contribution in [2.45, 2.75) is 26.4 Å². The number of benzene rings is 1. The quantitative estimate of drug-likeness (QED) is 0.728. The van der Waals surface area contributed by atoms with Crippen LogP contribution in [0.4, 0.5) is 10.5 Å². The number of nitrogens with zero attached hydrogens (tertiary/aromatic N) is 1. The van der Waals surface area contributed by atoms with Gasteiger partial charge in [0.2, 0.25) is 0 Å². The highest BCUT2D eigenvalue weighted by atomic mass is 16.6. The molecule has 5 heteroatoms. The molecule has 0 aliphatic carbocycles. The Kier molecular flexibility index (Phi) is 3.78. The minimum absolute atomic E-state index is 0.457. The molecule has 2 aromatic heterocycles. The zero-order valence-electron chi connectivity index (χ0n) is 13.4. The first kappa shape index (κ1) is 15.1. The van der Waals surface area contributed by atoms with Crippen molar-refractivity contribution in [3.63, 3.8) is 0 Å². The number of anilines is 1. The number of rotatable bonds is 2. The highest BCUT2D eigenvalue weighted by Crippen LogP contribution is 2.28. The summed E-state index contributed by atoms with van der Waals surface area (Å²) in [7, 11) is 0. The van der Waals surface area contributed by atoms with Crippen LogP contribution in [-0.2, 0) is 4.74 Å². The van der Waals surface area contributed by atoms with Gasteiger partial charge in [0.25, 0.3) is 0 Å². The van der Waals surface area contributed by atoms with Crippen LogP contribution in [-0.4, -0.2) is 21.7 Å². The maximum Gasteiger partial charge on any atom is 0.412 e. The zero-order valence-corrected chi connectivity index (χ0v) is 13.4. The third-order valence-electron chi connectivity index (χ3n) is 3.29. The lowest BCUT2D eigenvalue weighted by molar-refractivity contribution is 0.0636. The minimum Gasteiger partial charge on any atom is -0.444 e. The van der Waals surface area contributed by atoms with Crippen molar-refractivity contribution in [3.05, 3.63) is 48.8 Å². The van der Waals surface area contributed by atoms with Crippen LogP contribution in [0, 0.1) is 0 Å². The Bertz CT molecular complexity index is 829. The minimum atomic E-state index is -0.513. The first-order valence-corrected chi connectivity index (χ1v) is 7.45. The number of ether oxygens (including phenoxy) is 1. The summed E-state index contributed by atoms with van der Waals surface area (Å²) in [5.74, 6) is 0. The monoisotopic (exact) mass is 309 g/mol. The lowest BCUT2D eigenvalue weighted by Gasteiger charge is -2.19. The average molecular weight is 309 g/mol. The fourth-order valence-corrected chi connectivity index (χ4v) is 2.35. The zero-order chi connectivity index (χ0) is 16.4. The van der Waals surface area contributed by atoms with E-state index in [0.717, 1.165) is 22.2 Å². The van der Waals surface area contributed by atoms with Crippen LogP contribution in [0.25, 0.3) is 22.2 Å². The van der Waals surface area contributed by atoms with Gasteiger partial charge >= 0.3 is 6.09 Å². The SMILES string of the molecule is CC(C)(C)OC(=O)Nc1ccc(-c2c[nH]c3ncccc23)cc1. The molecule has 0 fully saturated rings. The Morgan fingerprint density at radius 2 is 1.91 bits per heavy atom. The number of hydrogen-bond donors (Lipinski definition) is 2. The lowest BCUT2D eigenvalue weighted by atomic mass is 10.1. The Balaban J connectivity index is 1.78. The molecular formula is C18H19N3O2. The third kappa shape index (κ3) is 3.51. The van der Waals surface area contributed by atoms with E-state index in [2.05, 4.69) is 15.3 Å². The highest BCUT2D eigenvalue weighted by molar-refractivity contribution is 5.94. The molecule has 0 saturated carbocycles. The molecule has 23 heavy (non-hydrogen) atoms. The molecule has 3 rings (SSSR count). The van der Waals surface area contributed by atoms with E-state index in [1.807, 2.05) is 63.4 Å². The van der Waals surface area contributed by atoms with E-state index in [9.17, 15) is 4.79 Å². The van der Waals surface area contributed by atoms with Gasteiger partial charge in [-0.25, -0.2) is 9.78 Å². The van der Waals surface area contributed by atoms with Crippen molar-refractivity contribution in [2.75, 3.05) is 5.32 Å². The van der Waals surface area contributed by atoms with Crippen molar-refractivity contribution in [1.82, 2.24) is 9.97 Å². The van der Waals surface area contributed by atoms with Crippen molar-refractivity contribution in [2.24, 2.45) is 0 Å². The predicted octanol–water partition coefficient (Wildman–Crippen LogP) is 4.58. The summed E-state index contributed by atoms with van der Waals surface area (Å²) in [6.07, 6.45) is 3.24. The number of carbonyl (C=O) groups is 1. The van der Waals surface area contributed by atoms with Crippen molar-refractivity contribution >= 4 is 22.8 Å². The molecule has 0 saturated heterocycles. The van der Waals surface area contributed by atoms with E-state index < -0.39 is 11.7 Å². The molecular weight excluding hydrogens is 290 g/mol. The second kappa shape index (κ2) is 5.76. The second-order valence-corrected chi connectivity index (χ2v) is 6.31. The van der Waals surface area contributed by atoms with Gasteiger partial charge in [0.15, 0.2) is 0 Å². The van der Waals surface area contributed by atoms with Gasteiger partial charge < -0.3 is 9.72 Å². The van der Waals surface area contributed by atoms with Gasteiger partial charge in [-0.3, -0.25) is 5.32 Å². The number of aromatic nitrogens is 2. The summed E-state index contributed by atoms with van der Waals surface area (Å²) >= 11 is 0. The number of nitrogens with one attached hydrogen (secondary N) is 2. The van der Waals surface area contributed by atoms with Gasteiger partial charge in [-0.05, 0) is 50.6 Å². The fourth-order valence-electron chi connectivity index (χ4n) is 2.35. The standard InChI is InChI=1S/C18H19N3O2/c1-18(2,3)23-17(22)21-13-8-6-12(7-9-13)15-11-20-16-14(15)5-4-10-19-16/h4-11H,1-3H3,(H,19,20)(H,21,22). The topological polar surface area (TPSA) is 67.0 Å². The molecule has 0 bridgehead atoms. The smallest absolute Gasteiger partial charge is 0.412 e. The van der Waals surface area contributed by atoms with Gasteiger partial charge in [-0.1, -0.05) is 12.1 Å². The van der Waals surface area contributed by atoms with E-state index >= 15 is 0 Å². The molecule has 0 spiro atoms. The normalized spacial score (nSPS) is 11.4. The molecule has 0 atom stereocenters. The highest BCUT2D eigenvalue weighted by Gasteiger charge is 2.16. The van der Waals surface area contributed by atoms with Crippen molar-refractivity contribution in [3.8, 4) is 11.1 Å². The van der Waals surface area contributed by atoms with Gasteiger partial charge in [0.05, 0.1) is 0 Å². The molecule has 0 unspecified atom stereocenters. The molecule has 2 heterocycles. The lowest BCUT2D eigenvalue weighted by Crippen LogP contribution is -2.27. The summed E-state index contributed by atoms with van der Waals surface area (Å²) in [6.45, 7) is 5.50. The summed E-state index contributed by atoms with van der Waals surface area (Å²) in [6, 6.07) is 11.6. The Hall–Kier alpha value is -2.82. The summed E-state index contributed by atoms with van der Waals surface area (Å²) < 4.78 is 5.24. The molecule has 1 aromatic carbocycles. The number of aromatic amines is 1. The second-order valence-electron chi connectivity index (χ2n) is 6.31. The molecule has 2 N–H and O–H groups in total. The van der Waals surface area contributed by atoms with Gasteiger partial charge in [0.1, 0.15) is 11.2 Å². The molecule has 0 aliphatic heterocycles. The van der Waals surface area contributed by atoms with Gasteiger partial charge in [-0.15, -0.1) is 0 Å². The molecule has 5 nitrogen and oxygen atoms in total. The van der Waals surface area contributed by atoms with Crippen molar-refractivity contribution in [1.29, 1.82) is 0 Å². The van der Waals surface area contributed by atoms with E-state index in [1.165, 1.54) is 0 Å². The number of fused-ring (bicyclic) bond motifs is 1. The first-order valence-electron chi connectivity index (χ1n) is 7.45. The van der Waals surface area contributed by atoms with E-state index in [4.69, 9.17) is 4.74 Å². The van der Waals surface area contributed by atoms with E-state index in [1.54, 1.807) is 6.20 Å². The molecule has 0 aliphatic rings. The maximum atomic E-state index is 11.8. The fraction of sp³-hybridized carbons (Fsp3) is 0.222. The van der Waals surface area contributed by atoms with E-state index in [-0.39, 0.29) is 0 Å². The van der Waals surface area contributed by atoms with Crippen LogP contribution in [0.3, 0.4) is 0 Å². The maximum absolute atomic E-state index is 11.8. The van der Waals surface area contributed by atoms with Crippen LogP contribution >= 0.6 is 0 Å². The van der Waals surface area contributed by atoms with Crippen LogP contribution in [0.1, 0.15) is 20.8 Å². The largest absolute Gasteiger partial charge is 0.444 e. The molecule has 3 aromatic rings.